The Labute approximate surface area is 82.7 Å². The molecule has 0 aromatic carbocycles. The molecule has 14 heavy (non-hydrogen) atoms. The van der Waals surface area contributed by atoms with Gasteiger partial charge in [0.1, 0.15) is 0 Å². The first-order valence-corrected chi connectivity index (χ1v) is 4.78. The molecule has 5 heteroatoms. The third-order valence-corrected chi connectivity index (χ3v) is 1.80. The summed E-state index contributed by atoms with van der Waals surface area (Å²) >= 11 is 0. The number of nitrogens with zero attached hydrogens (tertiary/aromatic N) is 1. The molecule has 84 valence electrons. The molecule has 3 nitrogen and oxygen atoms in total. The molecule has 0 aliphatic rings. The smallest absolute Gasteiger partial charge is 0.303 e. The van der Waals surface area contributed by atoms with E-state index in [4.69, 9.17) is 5.11 Å². The summed E-state index contributed by atoms with van der Waals surface area (Å²) in [5, 5.41) is 8.37. The van der Waals surface area contributed by atoms with Crippen LogP contribution in [-0.4, -0.2) is 42.0 Å². The number of carbonyl (C=O) groups is 1. The largest absolute Gasteiger partial charge is 0.481 e. The zero-order valence-corrected chi connectivity index (χ0v) is 8.38. The molecule has 0 aromatic rings. The summed E-state index contributed by atoms with van der Waals surface area (Å²) < 4.78 is 24.1. The van der Waals surface area contributed by atoms with Gasteiger partial charge in [-0.25, -0.2) is 8.78 Å². The second-order valence-corrected chi connectivity index (χ2v) is 3.19. The van der Waals surface area contributed by atoms with E-state index in [2.05, 4.69) is 0 Å². The summed E-state index contributed by atoms with van der Waals surface area (Å²) in [6.07, 6.45) is -1.06. The molecule has 0 amide bonds. The fourth-order valence-corrected chi connectivity index (χ4v) is 1.26. The summed E-state index contributed by atoms with van der Waals surface area (Å²) in [7, 11) is 0. The molecular weight excluding hydrogens is 192 g/mol. The Morgan fingerprint density at radius 1 is 1.43 bits per heavy atom. The fourth-order valence-electron chi connectivity index (χ4n) is 1.26. The topological polar surface area (TPSA) is 40.5 Å². The van der Waals surface area contributed by atoms with Crippen molar-refractivity contribution in [2.75, 3.05) is 19.6 Å². The Kier molecular flexibility index (Phi) is 7.28. The maximum Gasteiger partial charge on any atom is 0.303 e. The van der Waals surface area contributed by atoms with Crippen molar-refractivity contribution in [1.29, 1.82) is 0 Å². The Morgan fingerprint density at radius 2 is 2.07 bits per heavy atom. The Balaban J connectivity index is 3.66. The SMILES string of the molecule is CCCN(CCCC(=O)O)CC(F)F. The maximum absolute atomic E-state index is 12.0. The molecule has 0 aliphatic heterocycles. The van der Waals surface area contributed by atoms with Crippen LogP contribution in [0.1, 0.15) is 26.2 Å². The van der Waals surface area contributed by atoms with Crippen LogP contribution in [0.2, 0.25) is 0 Å². The first-order valence-electron chi connectivity index (χ1n) is 4.78. The molecular formula is C9H17F2NO2. The van der Waals surface area contributed by atoms with Crippen LogP contribution in [0, 0.1) is 0 Å². The van der Waals surface area contributed by atoms with Crippen molar-refractivity contribution < 1.29 is 18.7 Å². The van der Waals surface area contributed by atoms with E-state index in [1.165, 1.54) is 0 Å². The second kappa shape index (κ2) is 7.67. The van der Waals surface area contributed by atoms with E-state index in [9.17, 15) is 13.6 Å². The maximum atomic E-state index is 12.0. The van der Waals surface area contributed by atoms with Crippen molar-refractivity contribution in [2.24, 2.45) is 0 Å². The molecule has 0 fully saturated rings. The van der Waals surface area contributed by atoms with Crippen LogP contribution >= 0.6 is 0 Å². The summed E-state index contributed by atoms with van der Waals surface area (Å²) in [5.74, 6) is -0.876. The molecule has 0 radical (unpaired) electrons. The van der Waals surface area contributed by atoms with Gasteiger partial charge in [-0.05, 0) is 25.9 Å². The standard InChI is InChI=1S/C9H17F2NO2/c1-2-5-12(7-8(10)11)6-3-4-9(13)14/h8H,2-7H2,1H3,(H,13,14). The molecule has 0 atom stereocenters. The monoisotopic (exact) mass is 209 g/mol. The van der Waals surface area contributed by atoms with Gasteiger partial charge in [0.05, 0.1) is 6.54 Å². The molecule has 0 spiro atoms. The zero-order chi connectivity index (χ0) is 11.0. The third kappa shape index (κ3) is 7.91. The van der Waals surface area contributed by atoms with Gasteiger partial charge in [0.15, 0.2) is 0 Å². The summed E-state index contributed by atoms with van der Waals surface area (Å²) in [5.41, 5.74) is 0. The number of hydrogen-bond acceptors (Lipinski definition) is 2. The van der Waals surface area contributed by atoms with Crippen LogP contribution in [0.4, 0.5) is 8.78 Å². The number of alkyl halides is 2. The number of rotatable bonds is 8. The first-order chi connectivity index (χ1) is 6.56. The summed E-state index contributed by atoms with van der Waals surface area (Å²) in [4.78, 5) is 11.8. The van der Waals surface area contributed by atoms with E-state index in [1.807, 2.05) is 6.92 Å². The predicted octanol–water partition coefficient (Wildman–Crippen LogP) is 1.83. The molecule has 0 heterocycles. The van der Waals surface area contributed by atoms with Crippen LogP contribution in [0.3, 0.4) is 0 Å². The van der Waals surface area contributed by atoms with Gasteiger partial charge in [-0.15, -0.1) is 0 Å². The summed E-state index contributed by atoms with van der Waals surface area (Å²) in [6, 6.07) is 0. The van der Waals surface area contributed by atoms with Gasteiger partial charge in [-0.1, -0.05) is 6.92 Å². The number of carboxylic acid groups (broad SMARTS) is 1. The number of halogens is 2. The van der Waals surface area contributed by atoms with E-state index in [-0.39, 0.29) is 13.0 Å². The highest BCUT2D eigenvalue weighted by atomic mass is 19.3. The molecule has 0 aliphatic carbocycles. The molecule has 0 rings (SSSR count). The fraction of sp³-hybridized carbons (Fsp3) is 0.889. The minimum Gasteiger partial charge on any atom is -0.481 e. The molecule has 0 unspecified atom stereocenters. The predicted molar refractivity (Wildman–Crippen MR) is 49.6 cm³/mol. The Hall–Kier alpha value is -0.710. The van der Waals surface area contributed by atoms with E-state index >= 15 is 0 Å². The van der Waals surface area contributed by atoms with Crippen molar-refractivity contribution in [3.63, 3.8) is 0 Å². The number of hydrogen-bond donors (Lipinski definition) is 1. The van der Waals surface area contributed by atoms with E-state index in [0.29, 0.717) is 19.5 Å². The van der Waals surface area contributed by atoms with E-state index in [0.717, 1.165) is 6.42 Å². The molecule has 0 saturated heterocycles. The second-order valence-electron chi connectivity index (χ2n) is 3.19. The zero-order valence-electron chi connectivity index (χ0n) is 8.38. The molecule has 0 saturated carbocycles. The van der Waals surface area contributed by atoms with Crippen molar-refractivity contribution in [3.8, 4) is 0 Å². The minimum atomic E-state index is -2.34. The molecule has 0 aromatic heterocycles. The Morgan fingerprint density at radius 3 is 2.50 bits per heavy atom. The van der Waals surface area contributed by atoms with Gasteiger partial charge in [0, 0.05) is 6.42 Å². The van der Waals surface area contributed by atoms with Gasteiger partial charge in [-0.3, -0.25) is 9.69 Å². The first kappa shape index (κ1) is 13.3. The average Bonchev–Trinajstić information content (AvgIpc) is 2.02. The summed E-state index contributed by atoms with van der Waals surface area (Å²) in [6.45, 7) is 2.69. The number of aliphatic carboxylic acids is 1. The van der Waals surface area contributed by atoms with Crippen molar-refractivity contribution in [2.45, 2.75) is 32.6 Å². The van der Waals surface area contributed by atoms with E-state index < -0.39 is 12.4 Å². The van der Waals surface area contributed by atoms with Gasteiger partial charge in [0.25, 0.3) is 6.43 Å². The molecule has 1 N–H and O–H groups in total. The van der Waals surface area contributed by atoms with Crippen LogP contribution in [0.25, 0.3) is 0 Å². The highest BCUT2D eigenvalue weighted by Crippen LogP contribution is 2.02. The van der Waals surface area contributed by atoms with Gasteiger partial charge < -0.3 is 5.11 Å². The lowest BCUT2D eigenvalue weighted by atomic mass is 10.3. The highest BCUT2D eigenvalue weighted by Gasteiger charge is 2.11. The van der Waals surface area contributed by atoms with Crippen molar-refractivity contribution in [3.05, 3.63) is 0 Å². The normalized spacial score (nSPS) is 11.2. The highest BCUT2D eigenvalue weighted by molar-refractivity contribution is 5.66. The van der Waals surface area contributed by atoms with Crippen molar-refractivity contribution >= 4 is 5.97 Å². The molecule has 0 bridgehead atoms. The van der Waals surface area contributed by atoms with Gasteiger partial charge in [0.2, 0.25) is 0 Å². The lowest BCUT2D eigenvalue weighted by molar-refractivity contribution is -0.137. The van der Waals surface area contributed by atoms with Gasteiger partial charge in [-0.2, -0.15) is 0 Å². The van der Waals surface area contributed by atoms with Crippen LogP contribution in [0.5, 0.6) is 0 Å². The van der Waals surface area contributed by atoms with Crippen LogP contribution < -0.4 is 0 Å². The van der Waals surface area contributed by atoms with Crippen LogP contribution in [0.15, 0.2) is 0 Å². The lowest BCUT2D eigenvalue weighted by Crippen LogP contribution is -2.31. The van der Waals surface area contributed by atoms with E-state index in [1.54, 1.807) is 4.90 Å². The van der Waals surface area contributed by atoms with Crippen LogP contribution in [-0.2, 0) is 4.79 Å². The van der Waals surface area contributed by atoms with Gasteiger partial charge >= 0.3 is 5.97 Å². The van der Waals surface area contributed by atoms with Crippen molar-refractivity contribution in [1.82, 2.24) is 4.90 Å². The Bertz CT molecular complexity index is 165. The minimum absolute atomic E-state index is 0.0451. The number of carboxylic acids is 1. The third-order valence-electron chi connectivity index (χ3n) is 1.80. The lowest BCUT2D eigenvalue weighted by Gasteiger charge is -2.20. The average molecular weight is 209 g/mol. The quantitative estimate of drug-likeness (QED) is 0.663.